The highest BCUT2D eigenvalue weighted by atomic mass is 32.1. The van der Waals surface area contributed by atoms with Gasteiger partial charge in [0.05, 0.1) is 17.9 Å². The summed E-state index contributed by atoms with van der Waals surface area (Å²) in [5.41, 5.74) is 2.49. The molecule has 0 radical (unpaired) electrons. The third kappa shape index (κ3) is 2.47. The maximum Gasteiger partial charge on any atom is 0.0858 e. The molecule has 2 heterocycles. The summed E-state index contributed by atoms with van der Waals surface area (Å²) in [7, 11) is 0. The molecular weight excluding hydrogens is 244 g/mol. The minimum Gasteiger partial charge on any atom is -0.305 e. The molecule has 0 aliphatic heterocycles. The molecule has 5 heteroatoms. The van der Waals surface area contributed by atoms with Crippen LogP contribution in [-0.4, -0.2) is 21.5 Å². The van der Waals surface area contributed by atoms with Gasteiger partial charge in [-0.05, 0) is 38.9 Å². The first-order chi connectivity index (χ1) is 8.67. The highest BCUT2D eigenvalue weighted by Crippen LogP contribution is 2.30. The number of hydrogen-bond donors (Lipinski definition) is 1. The van der Waals surface area contributed by atoms with Crippen LogP contribution in [0, 0.1) is 13.8 Å². The topological polar surface area (TPSA) is 42.7 Å². The predicted octanol–water partition coefficient (Wildman–Crippen LogP) is 2.68. The summed E-state index contributed by atoms with van der Waals surface area (Å²) in [4.78, 5) is 2.72. The van der Waals surface area contributed by atoms with Crippen molar-refractivity contribution >= 4 is 11.3 Å². The van der Waals surface area contributed by atoms with Crippen LogP contribution in [-0.2, 0) is 6.54 Å². The Morgan fingerprint density at radius 2 is 2.17 bits per heavy atom. The van der Waals surface area contributed by atoms with Crippen molar-refractivity contribution < 1.29 is 0 Å². The Balaban J connectivity index is 2.39. The first-order valence-corrected chi connectivity index (χ1v) is 7.17. The number of aromatic nitrogens is 3. The maximum atomic E-state index is 4.12. The molecule has 0 spiro atoms. The summed E-state index contributed by atoms with van der Waals surface area (Å²) < 4.78 is 1.96. The molecule has 2 aromatic rings. The first-order valence-electron chi connectivity index (χ1n) is 6.36. The molecule has 0 fully saturated rings. The van der Waals surface area contributed by atoms with Gasteiger partial charge in [0.15, 0.2) is 0 Å². The lowest BCUT2D eigenvalue weighted by molar-refractivity contribution is 0.539. The van der Waals surface area contributed by atoms with Crippen molar-refractivity contribution in [1.29, 1.82) is 0 Å². The van der Waals surface area contributed by atoms with Gasteiger partial charge in [-0.3, -0.25) is 0 Å². The zero-order valence-corrected chi connectivity index (χ0v) is 12.2. The van der Waals surface area contributed by atoms with Crippen LogP contribution in [0.15, 0.2) is 12.3 Å². The van der Waals surface area contributed by atoms with Crippen LogP contribution in [0.25, 0.3) is 0 Å². The van der Waals surface area contributed by atoms with E-state index in [-0.39, 0.29) is 6.04 Å². The molecule has 1 N–H and O–H groups in total. The van der Waals surface area contributed by atoms with E-state index < -0.39 is 0 Å². The molecular formula is C13H20N4S. The van der Waals surface area contributed by atoms with Crippen LogP contribution in [0.2, 0.25) is 0 Å². The van der Waals surface area contributed by atoms with Crippen molar-refractivity contribution in [3.63, 3.8) is 0 Å². The van der Waals surface area contributed by atoms with Gasteiger partial charge in [-0.25, -0.2) is 4.68 Å². The van der Waals surface area contributed by atoms with E-state index in [1.165, 1.54) is 15.3 Å². The minimum atomic E-state index is 0.197. The monoisotopic (exact) mass is 264 g/mol. The van der Waals surface area contributed by atoms with E-state index in [2.05, 4.69) is 49.4 Å². The van der Waals surface area contributed by atoms with Gasteiger partial charge in [-0.1, -0.05) is 12.1 Å². The lowest BCUT2D eigenvalue weighted by Crippen LogP contribution is -2.24. The summed E-state index contributed by atoms with van der Waals surface area (Å²) in [6.07, 6.45) is 1.86. The summed E-state index contributed by atoms with van der Waals surface area (Å²) >= 11 is 1.85. The van der Waals surface area contributed by atoms with E-state index in [1.54, 1.807) is 0 Å². The molecule has 2 aromatic heterocycles. The second-order valence-corrected chi connectivity index (χ2v) is 5.64. The Bertz CT molecular complexity index is 495. The Kier molecular flexibility index (Phi) is 4.14. The van der Waals surface area contributed by atoms with E-state index in [0.29, 0.717) is 0 Å². The lowest BCUT2D eigenvalue weighted by Gasteiger charge is -2.16. The van der Waals surface area contributed by atoms with Gasteiger partial charge >= 0.3 is 0 Å². The third-order valence-corrected chi connectivity index (χ3v) is 4.34. The van der Waals surface area contributed by atoms with Crippen molar-refractivity contribution in [3.05, 3.63) is 33.3 Å². The molecule has 0 aromatic carbocycles. The van der Waals surface area contributed by atoms with Gasteiger partial charge in [0.2, 0.25) is 0 Å². The molecule has 1 atom stereocenters. The SMILES string of the molecule is CCNC(c1cc(C)c(C)s1)c1cnnn1CC. The number of hydrogen-bond acceptors (Lipinski definition) is 4. The van der Waals surface area contributed by atoms with E-state index in [0.717, 1.165) is 18.8 Å². The van der Waals surface area contributed by atoms with Gasteiger partial charge in [-0.2, -0.15) is 0 Å². The Hall–Kier alpha value is -1.20. The smallest absolute Gasteiger partial charge is 0.0858 e. The Morgan fingerprint density at radius 1 is 1.39 bits per heavy atom. The number of rotatable bonds is 5. The standard InChI is InChI=1S/C13H20N4S/c1-5-14-13(11-8-15-16-17(11)6-2)12-7-9(3)10(4)18-12/h7-8,13-14H,5-6H2,1-4H3. The quantitative estimate of drug-likeness (QED) is 0.903. The first kappa shape index (κ1) is 13.2. The van der Waals surface area contributed by atoms with Crippen LogP contribution < -0.4 is 5.32 Å². The summed E-state index contributed by atoms with van der Waals surface area (Å²) in [6.45, 7) is 10.3. The van der Waals surface area contributed by atoms with Gasteiger partial charge in [0.1, 0.15) is 0 Å². The highest BCUT2D eigenvalue weighted by molar-refractivity contribution is 7.12. The Labute approximate surface area is 112 Å². The third-order valence-electron chi connectivity index (χ3n) is 3.12. The van der Waals surface area contributed by atoms with Crippen LogP contribution in [0.1, 0.15) is 40.9 Å². The van der Waals surface area contributed by atoms with E-state index >= 15 is 0 Å². The fourth-order valence-corrected chi connectivity index (χ4v) is 3.17. The normalized spacial score (nSPS) is 12.9. The van der Waals surface area contributed by atoms with E-state index in [9.17, 15) is 0 Å². The molecule has 0 saturated carbocycles. The van der Waals surface area contributed by atoms with Crippen molar-refractivity contribution in [2.45, 2.75) is 40.3 Å². The largest absolute Gasteiger partial charge is 0.305 e. The second kappa shape index (κ2) is 5.63. The average molecular weight is 264 g/mol. The number of aryl methyl sites for hydroxylation is 3. The fourth-order valence-electron chi connectivity index (χ4n) is 2.03. The van der Waals surface area contributed by atoms with Crippen LogP contribution in [0.4, 0.5) is 0 Å². The number of nitrogens with one attached hydrogen (secondary N) is 1. The van der Waals surface area contributed by atoms with Gasteiger partial charge in [0.25, 0.3) is 0 Å². The molecule has 2 rings (SSSR count). The predicted molar refractivity (Wildman–Crippen MR) is 75.0 cm³/mol. The van der Waals surface area contributed by atoms with E-state index in [1.807, 2.05) is 22.2 Å². The van der Waals surface area contributed by atoms with Crippen LogP contribution in [0.3, 0.4) is 0 Å². The average Bonchev–Trinajstić information content (AvgIpc) is 2.94. The molecule has 0 saturated heterocycles. The van der Waals surface area contributed by atoms with Gasteiger partial charge in [0, 0.05) is 16.3 Å². The fraction of sp³-hybridized carbons (Fsp3) is 0.538. The number of nitrogens with zero attached hydrogens (tertiary/aromatic N) is 3. The molecule has 0 aliphatic carbocycles. The molecule has 18 heavy (non-hydrogen) atoms. The van der Waals surface area contributed by atoms with Crippen LogP contribution in [0.5, 0.6) is 0 Å². The van der Waals surface area contributed by atoms with Crippen molar-refractivity contribution in [1.82, 2.24) is 20.3 Å². The zero-order chi connectivity index (χ0) is 13.1. The molecule has 4 nitrogen and oxygen atoms in total. The zero-order valence-electron chi connectivity index (χ0n) is 11.4. The highest BCUT2D eigenvalue weighted by Gasteiger charge is 2.20. The summed E-state index contributed by atoms with van der Waals surface area (Å²) in [5.74, 6) is 0. The lowest BCUT2D eigenvalue weighted by atomic mass is 10.1. The van der Waals surface area contributed by atoms with Crippen molar-refractivity contribution in [3.8, 4) is 0 Å². The van der Waals surface area contributed by atoms with Crippen molar-refractivity contribution in [2.24, 2.45) is 0 Å². The second-order valence-electron chi connectivity index (χ2n) is 4.35. The number of thiophene rings is 1. The maximum absolute atomic E-state index is 4.12. The molecule has 0 bridgehead atoms. The Morgan fingerprint density at radius 3 is 2.72 bits per heavy atom. The molecule has 1 unspecified atom stereocenters. The molecule has 98 valence electrons. The van der Waals surface area contributed by atoms with Gasteiger partial charge in [-0.15, -0.1) is 16.4 Å². The van der Waals surface area contributed by atoms with Crippen LogP contribution >= 0.6 is 11.3 Å². The summed E-state index contributed by atoms with van der Waals surface area (Å²) in [5, 5.41) is 11.7. The van der Waals surface area contributed by atoms with Gasteiger partial charge < -0.3 is 5.32 Å². The minimum absolute atomic E-state index is 0.197. The van der Waals surface area contributed by atoms with E-state index in [4.69, 9.17) is 0 Å². The van der Waals surface area contributed by atoms with Crippen molar-refractivity contribution in [2.75, 3.05) is 6.54 Å². The molecule has 0 aliphatic rings. The molecule has 0 amide bonds. The summed E-state index contributed by atoms with van der Waals surface area (Å²) in [6, 6.07) is 2.46.